The molecule has 0 saturated carbocycles. The fourth-order valence-corrected chi connectivity index (χ4v) is 2.45. The Morgan fingerprint density at radius 1 is 1.47 bits per heavy atom. The second-order valence-electron chi connectivity index (χ2n) is 4.55. The normalized spacial score (nSPS) is 29.0. The van der Waals surface area contributed by atoms with Crippen LogP contribution in [0.25, 0.3) is 0 Å². The fourth-order valence-electron chi connectivity index (χ4n) is 2.45. The lowest BCUT2D eigenvalue weighted by Gasteiger charge is -2.28. The summed E-state index contributed by atoms with van der Waals surface area (Å²) in [5, 5.41) is 0. The molecule has 3 nitrogen and oxygen atoms in total. The molecule has 0 aliphatic carbocycles. The number of nitrogens with two attached hydrogens (primary N) is 1. The number of likely N-dealkylation sites (N-methyl/N-ethyl adjacent to an activating group) is 1. The van der Waals surface area contributed by atoms with Gasteiger partial charge in [-0.25, -0.2) is 0 Å². The predicted octanol–water partition coefficient (Wildman–Crippen LogP) is 2.07. The van der Waals surface area contributed by atoms with Gasteiger partial charge in [-0.3, -0.25) is 4.90 Å². The first-order valence-corrected chi connectivity index (χ1v) is 5.70. The highest BCUT2D eigenvalue weighted by atomic mass is 16.3. The van der Waals surface area contributed by atoms with Crippen molar-refractivity contribution in [3.8, 4) is 0 Å². The van der Waals surface area contributed by atoms with Gasteiger partial charge in [-0.15, -0.1) is 0 Å². The second kappa shape index (κ2) is 4.37. The van der Waals surface area contributed by atoms with E-state index in [2.05, 4.69) is 18.9 Å². The number of hydrogen-bond donors (Lipinski definition) is 1. The summed E-state index contributed by atoms with van der Waals surface area (Å²) in [4.78, 5) is 2.32. The number of hydrogen-bond acceptors (Lipinski definition) is 3. The van der Waals surface area contributed by atoms with Gasteiger partial charge < -0.3 is 10.2 Å². The van der Waals surface area contributed by atoms with Gasteiger partial charge in [-0.05, 0) is 45.0 Å². The van der Waals surface area contributed by atoms with Crippen LogP contribution in [-0.4, -0.2) is 24.5 Å². The zero-order valence-corrected chi connectivity index (χ0v) is 9.57. The summed E-state index contributed by atoms with van der Waals surface area (Å²) in [6, 6.07) is 2.46. The van der Waals surface area contributed by atoms with Crippen LogP contribution in [0.5, 0.6) is 0 Å². The average molecular weight is 208 g/mol. The van der Waals surface area contributed by atoms with Crippen molar-refractivity contribution in [1.29, 1.82) is 0 Å². The molecule has 84 valence electrons. The van der Waals surface area contributed by atoms with Gasteiger partial charge in [0, 0.05) is 6.04 Å². The third-order valence-electron chi connectivity index (χ3n) is 3.35. The largest absolute Gasteiger partial charge is 0.467 e. The first-order chi connectivity index (χ1) is 7.20. The number of likely N-dealkylation sites (tertiary alicyclic amines) is 1. The molecule has 2 rings (SSSR count). The van der Waals surface area contributed by atoms with Crippen molar-refractivity contribution >= 4 is 0 Å². The van der Waals surface area contributed by atoms with Crippen LogP contribution in [0.3, 0.4) is 0 Å². The summed E-state index contributed by atoms with van der Waals surface area (Å²) < 4.78 is 5.58. The summed E-state index contributed by atoms with van der Waals surface area (Å²) in [7, 11) is 2.14. The van der Waals surface area contributed by atoms with Gasteiger partial charge in [0.15, 0.2) is 0 Å². The van der Waals surface area contributed by atoms with Gasteiger partial charge in [0.2, 0.25) is 0 Å². The molecule has 1 aromatic rings. The number of nitrogens with zero attached hydrogens (tertiary/aromatic N) is 1. The first kappa shape index (κ1) is 10.7. The quantitative estimate of drug-likeness (QED) is 0.768. The second-order valence-corrected chi connectivity index (χ2v) is 4.55. The summed E-state index contributed by atoms with van der Waals surface area (Å²) in [5.41, 5.74) is 7.44. The van der Waals surface area contributed by atoms with Crippen LogP contribution in [0.15, 0.2) is 16.7 Å². The molecule has 0 amide bonds. The van der Waals surface area contributed by atoms with Crippen molar-refractivity contribution in [3.63, 3.8) is 0 Å². The molecular formula is C12H20N2O. The SMILES string of the molecule is Cc1ccoc1C1C(N)CCCCN1C. The highest BCUT2D eigenvalue weighted by Crippen LogP contribution is 2.30. The number of furan rings is 1. The Kier molecular flexibility index (Phi) is 3.12. The molecular weight excluding hydrogens is 188 g/mol. The molecule has 1 aliphatic heterocycles. The monoisotopic (exact) mass is 208 g/mol. The fraction of sp³-hybridized carbons (Fsp3) is 0.667. The third-order valence-corrected chi connectivity index (χ3v) is 3.35. The van der Waals surface area contributed by atoms with Crippen LogP contribution in [0.1, 0.15) is 36.6 Å². The van der Waals surface area contributed by atoms with Crippen LogP contribution in [0, 0.1) is 6.92 Å². The van der Waals surface area contributed by atoms with E-state index in [1.165, 1.54) is 18.4 Å². The highest BCUT2D eigenvalue weighted by molar-refractivity contribution is 5.20. The van der Waals surface area contributed by atoms with Gasteiger partial charge in [-0.2, -0.15) is 0 Å². The summed E-state index contributed by atoms with van der Waals surface area (Å²) >= 11 is 0. The van der Waals surface area contributed by atoms with E-state index in [1.54, 1.807) is 6.26 Å². The Bertz CT molecular complexity index is 309. The van der Waals surface area contributed by atoms with Gasteiger partial charge in [0.25, 0.3) is 0 Å². The Morgan fingerprint density at radius 3 is 2.93 bits per heavy atom. The number of aryl methyl sites for hydroxylation is 1. The van der Waals surface area contributed by atoms with E-state index in [0.29, 0.717) is 0 Å². The maximum Gasteiger partial charge on any atom is 0.125 e. The Labute approximate surface area is 91.2 Å². The first-order valence-electron chi connectivity index (χ1n) is 5.70. The van der Waals surface area contributed by atoms with E-state index in [1.807, 2.05) is 6.07 Å². The van der Waals surface area contributed by atoms with E-state index in [-0.39, 0.29) is 12.1 Å². The van der Waals surface area contributed by atoms with Crippen molar-refractivity contribution in [1.82, 2.24) is 4.90 Å². The minimum absolute atomic E-state index is 0.197. The van der Waals surface area contributed by atoms with Gasteiger partial charge >= 0.3 is 0 Å². The van der Waals surface area contributed by atoms with E-state index in [0.717, 1.165) is 18.7 Å². The average Bonchev–Trinajstić information content (AvgIpc) is 2.53. The van der Waals surface area contributed by atoms with Crippen molar-refractivity contribution in [2.75, 3.05) is 13.6 Å². The molecule has 2 heterocycles. The summed E-state index contributed by atoms with van der Waals surface area (Å²) in [6.07, 6.45) is 5.31. The predicted molar refractivity (Wildman–Crippen MR) is 60.6 cm³/mol. The topological polar surface area (TPSA) is 42.4 Å². The van der Waals surface area contributed by atoms with Crippen molar-refractivity contribution in [2.24, 2.45) is 5.73 Å². The lowest BCUT2D eigenvalue weighted by Crippen LogP contribution is -2.37. The van der Waals surface area contributed by atoms with Crippen LogP contribution in [0.2, 0.25) is 0 Å². The lowest BCUT2D eigenvalue weighted by molar-refractivity contribution is 0.199. The van der Waals surface area contributed by atoms with E-state index in [9.17, 15) is 0 Å². The minimum Gasteiger partial charge on any atom is -0.467 e. The van der Waals surface area contributed by atoms with E-state index in [4.69, 9.17) is 10.2 Å². The maximum atomic E-state index is 6.23. The van der Waals surface area contributed by atoms with Crippen LogP contribution in [-0.2, 0) is 0 Å². The zero-order chi connectivity index (χ0) is 10.8. The van der Waals surface area contributed by atoms with Crippen molar-refractivity contribution in [3.05, 3.63) is 23.7 Å². The minimum atomic E-state index is 0.197. The van der Waals surface area contributed by atoms with Crippen LogP contribution >= 0.6 is 0 Å². The maximum absolute atomic E-state index is 6.23. The van der Waals surface area contributed by atoms with E-state index >= 15 is 0 Å². The molecule has 2 N–H and O–H groups in total. The molecule has 0 spiro atoms. The molecule has 0 aromatic carbocycles. The molecule has 2 atom stereocenters. The Balaban J connectivity index is 2.27. The molecule has 15 heavy (non-hydrogen) atoms. The molecule has 0 radical (unpaired) electrons. The smallest absolute Gasteiger partial charge is 0.125 e. The van der Waals surface area contributed by atoms with Gasteiger partial charge in [0.1, 0.15) is 5.76 Å². The van der Waals surface area contributed by atoms with Crippen molar-refractivity contribution in [2.45, 2.75) is 38.3 Å². The van der Waals surface area contributed by atoms with Crippen LogP contribution in [0.4, 0.5) is 0 Å². The van der Waals surface area contributed by atoms with Gasteiger partial charge in [-0.1, -0.05) is 6.42 Å². The summed E-state index contributed by atoms with van der Waals surface area (Å²) in [5.74, 6) is 1.05. The van der Waals surface area contributed by atoms with Crippen molar-refractivity contribution < 1.29 is 4.42 Å². The zero-order valence-electron chi connectivity index (χ0n) is 9.57. The molecule has 1 aromatic heterocycles. The molecule has 0 bridgehead atoms. The molecule has 1 aliphatic rings. The molecule has 1 saturated heterocycles. The lowest BCUT2D eigenvalue weighted by atomic mass is 10.00. The molecule has 1 fully saturated rings. The molecule has 2 unspecified atom stereocenters. The Hall–Kier alpha value is -0.800. The summed E-state index contributed by atoms with van der Waals surface area (Å²) in [6.45, 7) is 3.20. The van der Waals surface area contributed by atoms with Crippen LogP contribution < -0.4 is 5.73 Å². The third kappa shape index (κ3) is 2.08. The van der Waals surface area contributed by atoms with E-state index < -0.39 is 0 Å². The van der Waals surface area contributed by atoms with Gasteiger partial charge in [0.05, 0.1) is 12.3 Å². The highest BCUT2D eigenvalue weighted by Gasteiger charge is 2.29. The standard InChI is InChI=1S/C12H20N2O/c1-9-6-8-15-12(9)11-10(13)5-3-4-7-14(11)2/h6,8,10-11H,3-5,7,13H2,1-2H3. The Morgan fingerprint density at radius 2 is 2.27 bits per heavy atom. The number of rotatable bonds is 1. The molecule has 3 heteroatoms.